The lowest BCUT2D eigenvalue weighted by Crippen LogP contribution is -2.38. The fourth-order valence-electron chi connectivity index (χ4n) is 4.45. The summed E-state index contributed by atoms with van der Waals surface area (Å²) in [4.78, 5) is 7.21. The Bertz CT molecular complexity index is 1380. The molecular weight excluding hydrogens is 499 g/mol. The van der Waals surface area contributed by atoms with E-state index in [1.165, 1.54) is 0 Å². The Morgan fingerprint density at radius 2 is 1.27 bits per heavy atom. The second-order valence-electron chi connectivity index (χ2n) is 8.31. The first-order chi connectivity index (χ1) is 17.9. The van der Waals surface area contributed by atoms with E-state index in [9.17, 15) is 13.2 Å². The number of hydrogen-bond acceptors (Lipinski definition) is 4. The molecule has 0 fully saturated rings. The van der Waals surface area contributed by atoms with Crippen molar-refractivity contribution in [1.29, 1.82) is 0 Å². The van der Waals surface area contributed by atoms with E-state index in [2.05, 4.69) is 15.3 Å². The van der Waals surface area contributed by atoms with E-state index in [4.69, 9.17) is 16.7 Å². The zero-order chi connectivity index (χ0) is 25.9. The van der Waals surface area contributed by atoms with Gasteiger partial charge < -0.3 is 5.32 Å². The van der Waals surface area contributed by atoms with E-state index in [1.807, 2.05) is 102 Å². The molecule has 0 bridgehead atoms. The molecule has 37 heavy (non-hydrogen) atoms. The predicted molar refractivity (Wildman–Crippen MR) is 136 cm³/mol. The van der Waals surface area contributed by atoms with Crippen LogP contribution in [0.25, 0.3) is 0 Å². The first kappa shape index (κ1) is 24.5. The quantitative estimate of drug-likeness (QED) is 0.190. The molecular formula is C28H21ClF3N5. The monoisotopic (exact) mass is 519 g/mol. The van der Waals surface area contributed by atoms with Gasteiger partial charge in [0.1, 0.15) is 16.9 Å². The molecule has 0 radical (unpaired) electrons. The van der Waals surface area contributed by atoms with Crippen LogP contribution in [0.15, 0.2) is 109 Å². The van der Waals surface area contributed by atoms with Crippen molar-refractivity contribution in [1.82, 2.24) is 19.7 Å². The smallest absolute Gasteiger partial charge is 0.364 e. The van der Waals surface area contributed by atoms with Crippen molar-refractivity contribution in [3.05, 3.63) is 143 Å². The van der Waals surface area contributed by atoms with Crippen molar-refractivity contribution in [2.45, 2.75) is 18.3 Å². The Balaban J connectivity index is 1.60. The Hall–Kier alpha value is -4.17. The van der Waals surface area contributed by atoms with E-state index < -0.39 is 23.1 Å². The maximum absolute atomic E-state index is 13.4. The molecule has 0 saturated carbocycles. The lowest BCUT2D eigenvalue weighted by molar-refractivity contribution is -0.137. The maximum Gasteiger partial charge on any atom is 0.421 e. The highest BCUT2D eigenvalue weighted by Crippen LogP contribution is 2.40. The number of alkyl halides is 3. The lowest BCUT2D eigenvalue weighted by Gasteiger charge is -2.36. The summed E-state index contributed by atoms with van der Waals surface area (Å²) < 4.78 is 42.2. The van der Waals surface area contributed by atoms with E-state index in [1.54, 1.807) is 6.07 Å². The van der Waals surface area contributed by atoms with Gasteiger partial charge in [-0.1, -0.05) is 91.0 Å². The van der Waals surface area contributed by atoms with Crippen molar-refractivity contribution < 1.29 is 13.2 Å². The van der Waals surface area contributed by atoms with Gasteiger partial charge >= 0.3 is 6.18 Å². The fraction of sp³-hybridized carbons (Fsp3) is 0.107. The summed E-state index contributed by atoms with van der Waals surface area (Å²) in [5, 5.41) is 7.29. The van der Waals surface area contributed by atoms with Gasteiger partial charge in [-0.15, -0.1) is 0 Å². The highest BCUT2D eigenvalue weighted by Gasteiger charge is 2.39. The third kappa shape index (κ3) is 4.80. The highest BCUT2D eigenvalue weighted by atomic mass is 35.5. The van der Waals surface area contributed by atoms with Crippen molar-refractivity contribution in [3.8, 4) is 0 Å². The molecule has 3 aromatic carbocycles. The van der Waals surface area contributed by atoms with Gasteiger partial charge in [-0.05, 0) is 34.4 Å². The zero-order valence-corrected chi connectivity index (χ0v) is 20.2. The van der Waals surface area contributed by atoms with E-state index in [-0.39, 0.29) is 11.8 Å². The molecule has 0 amide bonds. The number of nitrogens with one attached hydrogen (secondary N) is 1. The average Bonchev–Trinajstić information content (AvgIpc) is 3.38. The molecule has 5 aromatic rings. The van der Waals surface area contributed by atoms with Crippen LogP contribution in [0.3, 0.4) is 0 Å². The Labute approximate surface area is 216 Å². The molecule has 2 heterocycles. The number of rotatable bonds is 7. The summed E-state index contributed by atoms with van der Waals surface area (Å²) in [6.45, 7) is -0.00211. The van der Waals surface area contributed by atoms with Crippen molar-refractivity contribution in [3.63, 3.8) is 0 Å². The minimum Gasteiger partial charge on any atom is -0.364 e. The van der Waals surface area contributed by atoms with Crippen molar-refractivity contribution in [2.24, 2.45) is 0 Å². The standard InChI is InChI=1S/C28H21ClF3N5/c29-26-34-19-24(28(30,31)32)25(35-26)33-18-23-16-17-37(36-23)27(20-10-4-1-5-11-20,21-12-6-2-7-13-21)22-14-8-3-9-15-22/h1-17,19H,18H2,(H,33,34,35). The molecule has 5 nitrogen and oxygen atoms in total. The van der Waals surface area contributed by atoms with Crippen molar-refractivity contribution in [2.75, 3.05) is 5.32 Å². The summed E-state index contributed by atoms with van der Waals surface area (Å²) in [7, 11) is 0. The van der Waals surface area contributed by atoms with Crippen LogP contribution in [0.1, 0.15) is 27.9 Å². The molecule has 0 atom stereocenters. The molecule has 186 valence electrons. The molecule has 2 aromatic heterocycles. The first-order valence-corrected chi connectivity index (χ1v) is 11.8. The lowest BCUT2D eigenvalue weighted by atomic mass is 9.77. The largest absolute Gasteiger partial charge is 0.421 e. The normalized spacial score (nSPS) is 11.9. The molecule has 0 unspecified atom stereocenters. The summed E-state index contributed by atoms with van der Waals surface area (Å²) >= 11 is 5.77. The van der Waals surface area contributed by atoms with E-state index in [0.29, 0.717) is 11.9 Å². The third-order valence-electron chi connectivity index (χ3n) is 6.06. The third-order valence-corrected chi connectivity index (χ3v) is 6.25. The topological polar surface area (TPSA) is 55.6 Å². The number of nitrogens with zero attached hydrogens (tertiary/aromatic N) is 4. The highest BCUT2D eigenvalue weighted by molar-refractivity contribution is 6.28. The summed E-state index contributed by atoms with van der Waals surface area (Å²) in [5.41, 5.74) is 1.65. The van der Waals surface area contributed by atoms with Gasteiger partial charge in [0, 0.05) is 12.4 Å². The molecule has 1 N–H and O–H groups in total. The van der Waals surface area contributed by atoms with Gasteiger partial charge in [-0.3, -0.25) is 4.68 Å². The van der Waals surface area contributed by atoms with Crippen molar-refractivity contribution >= 4 is 17.4 Å². The average molecular weight is 520 g/mol. The fourth-order valence-corrected chi connectivity index (χ4v) is 4.59. The second-order valence-corrected chi connectivity index (χ2v) is 8.65. The van der Waals surface area contributed by atoms with Crippen LogP contribution in [-0.4, -0.2) is 19.7 Å². The Morgan fingerprint density at radius 1 is 0.757 bits per heavy atom. The van der Waals surface area contributed by atoms with Gasteiger partial charge in [0.05, 0.1) is 12.2 Å². The molecule has 5 rings (SSSR count). The maximum atomic E-state index is 13.4. The Morgan fingerprint density at radius 3 is 1.76 bits per heavy atom. The number of anilines is 1. The zero-order valence-electron chi connectivity index (χ0n) is 19.4. The van der Waals surface area contributed by atoms with Crippen LogP contribution in [-0.2, 0) is 18.3 Å². The molecule has 0 aliphatic carbocycles. The van der Waals surface area contributed by atoms with Crippen LogP contribution >= 0.6 is 11.6 Å². The molecule has 0 aliphatic rings. The summed E-state index contributed by atoms with van der Waals surface area (Å²) in [6.07, 6.45) is -2.13. The van der Waals surface area contributed by atoms with Gasteiger partial charge in [-0.2, -0.15) is 18.3 Å². The molecule has 0 aliphatic heterocycles. The van der Waals surface area contributed by atoms with Crippen LogP contribution < -0.4 is 5.32 Å². The number of benzene rings is 3. The molecule has 0 saturated heterocycles. The number of hydrogen-bond donors (Lipinski definition) is 1. The van der Waals surface area contributed by atoms with Gasteiger partial charge in [-0.25, -0.2) is 9.97 Å². The van der Waals surface area contributed by atoms with Crippen LogP contribution in [0.4, 0.5) is 19.0 Å². The van der Waals surface area contributed by atoms with E-state index in [0.717, 1.165) is 16.7 Å². The van der Waals surface area contributed by atoms with Crippen LogP contribution in [0.2, 0.25) is 5.28 Å². The summed E-state index contributed by atoms with van der Waals surface area (Å²) in [5.74, 6) is -0.400. The number of halogens is 4. The second kappa shape index (κ2) is 10.1. The van der Waals surface area contributed by atoms with Crippen LogP contribution in [0.5, 0.6) is 0 Å². The first-order valence-electron chi connectivity index (χ1n) is 11.4. The molecule has 0 spiro atoms. The Kier molecular flexibility index (Phi) is 6.67. The van der Waals surface area contributed by atoms with Gasteiger partial charge in [0.25, 0.3) is 0 Å². The van der Waals surface area contributed by atoms with Gasteiger partial charge in [0.15, 0.2) is 0 Å². The summed E-state index contributed by atoms with van der Waals surface area (Å²) in [6, 6.07) is 31.7. The molecule has 9 heteroatoms. The minimum absolute atomic E-state index is 0.00211. The van der Waals surface area contributed by atoms with Gasteiger partial charge in [0.2, 0.25) is 5.28 Å². The predicted octanol–water partition coefficient (Wildman–Crippen LogP) is 6.80. The minimum atomic E-state index is -4.63. The number of aromatic nitrogens is 4. The van der Waals surface area contributed by atoms with Crippen LogP contribution in [0, 0.1) is 0 Å². The SMILES string of the molecule is FC(F)(F)c1cnc(Cl)nc1NCc1ccn(C(c2ccccc2)(c2ccccc2)c2ccccc2)n1. The van der Waals surface area contributed by atoms with E-state index >= 15 is 0 Å².